The van der Waals surface area contributed by atoms with E-state index in [1.54, 1.807) is 17.8 Å². The first-order valence-corrected chi connectivity index (χ1v) is 18.2. The molecule has 1 unspecified atom stereocenters. The Morgan fingerprint density at radius 3 is 2.30 bits per heavy atom. The van der Waals surface area contributed by atoms with Crippen molar-refractivity contribution >= 4 is 31.4 Å². The molecule has 0 fully saturated rings. The number of aromatic carboxylic acids is 1. The van der Waals surface area contributed by atoms with E-state index in [0.29, 0.717) is 46.7 Å². The molecule has 3 aromatic rings. The average molecular weight is 627 g/mol. The molecule has 10 nitrogen and oxygen atoms in total. The predicted octanol–water partition coefficient (Wildman–Crippen LogP) is 7.58. The van der Waals surface area contributed by atoms with Crippen LogP contribution in [0.15, 0.2) is 30.3 Å². The van der Waals surface area contributed by atoms with Gasteiger partial charge in [-0.15, -0.1) is 0 Å². The number of aryl methyl sites for hydroxylation is 1. The van der Waals surface area contributed by atoms with Gasteiger partial charge in [-0.2, -0.15) is 5.10 Å². The largest absolute Gasteiger partial charge is 0.491 e. The summed E-state index contributed by atoms with van der Waals surface area (Å²) in [4.78, 5) is 31.5. The second-order valence-corrected chi connectivity index (χ2v) is 18.9. The molecule has 1 amide bonds. The number of nitrogens with zero attached hydrogens (tertiary/aromatic N) is 4. The molecule has 0 saturated heterocycles. The Bertz CT molecular complexity index is 1490. The number of amides is 1. The topological polar surface area (TPSA) is 116 Å². The minimum Gasteiger partial charge on any atom is -0.491 e. The van der Waals surface area contributed by atoms with Gasteiger partial charge < -0.3 is 23.9 Å². The number of ether oxygens (including phenoxy) is 2. The second kappa shape index (κ2) is 13.3. The van der Waals surface area contributed by atoms with Gasteiger partial charge in [-0.25, -0.2) is 19.3 Å². The number of carboxylic acids is 1. The van der Waals surface area contributed by atoms with E-state index in [9.17, 15) is 14.7 Å². The third kappa shape index (κ3) is 8.38. The third-order valence-corrected chi connectivity index (χ3v) is 12.3. The zero-order chi connectivity index (χ0) is 33.2. The zero-order valence-electron chi connectivity index (χ0n) is 28.4. The number of benzene rings is 1. The van der Waals surface area contributed by atoms with Crippen molar-refractivity contribution in [2.24, 2.45) is 0 Å². The number of carbonyl (C=O) groups excluding carboxylic acids is 1. The fourth-order valence-corrected chi connectivity index (χ4v) is 5.83. The highest BCUT2D eigenvalue weighted by atomic mass is 28.4. The molecule has 1 aromatic carbocycles. The molecule has 11 heteroatoms. The van der Waals surface area contributed by atoms with E-state index in [2.05, 4.69) is 39.0 Å². The molecule has 0 bridgehead atoms. The highest BCUT2D eigenvalue weighted by Gasteiger charge is 2.40. The van der Waals surface area contributed by atoms with Gasteiger partial charge in [-0.05, 0) is 77.4 Å². The molecule has 0 spiro atoms. The number of hydrogen-bond donors (Lipinski definition) is 1. The molecule has 2 heterocycles. The summed E-state index contributed by atoms with van der Waals surface area (Å²) in [5, 5.41) is 15.3. The van der Waals surface area contributed by atoms with E-state index in [0.717, 1.165) is 0 Å². The maximum atomic E-state index is 12.8. The van der Waals surface area contributed by atoms with Crippen molar-refractivity contribution in [3.05, 3.63) is 41.6 Å². The van der Waals surface area contributed by atoms with E-state index < -0.39 is 32.1 Å². The van der Waals surface area contributed by atoms with Crippen molar-refractivity contribution in [3.63, 3.8) is 0 Å². The van der Waals surface area contributed by atoms with E-state index >= 15 is 0 Å². The molecular weight excluding hydrogens is 576 g/mol. The molecule has 1 atom stereocenters. The third-order valence-electron chi connectivity index (χ3n) is 7.80. The van der Waals surface area contributed by atoms with Gasteiger partial charge in [0.05, 0.1) is 35.0 Å². The van der Waals surface area contributed by atoms with Crippen molar-refractivity contribution < 1.29 is 28.6 Å². The first kappa shape index (κ1) is 35.0. The van der Waals surface area contributed by atoms with E-state index in [-0.39, 0.29) is 23.3 Å². The van der Waals surface area contributed by atoms with Crippen LogP contribution in [0.3, 0.4) is 0 Å². The highest BCUT2D eigenvalue weighted by Crippen LogP contribution is 2.37. The monoisotopic (exact) mass is 626 g/mol. The quantitative estimate of drug-likeness (QED) is 0.217. The number of likely N-dealkylation sites (N-methyl/N-ethyl adjacent to an activating group) is 1. The zero-order valence-corrected chi connectivity index (χ0v) is 29.4. The molecule has 44 heavy (non-hydrogen) atoms. The molecule has 0 aliphatic heterocycles. The normalized spacial score (nSPS) is 13.3. The minimum atomic E-state index is -2.21. The number of pyridine rings is 1. The number of rotatable bonds is 11. The van der Waals surface area contributed by atoms with Gasteiger partial charge in [0.1, 0.15) is 18.0 Å². The van der Waals surface area contributed by atoms with Gasteiger partial charge in [-0.1, -0.05) is 39.8 Å². The van der Waals surface area contributed by atoms with Crippen LogP contribution in [0.1, 0.15) is 84.4 Å². The molecule has 0 radical (unpaired) electrons. The Kier molecular flexibility index (Phi) is 10.6. The maximum Gasteiger partial charge on any atom is 0.410 e. The fraction of sp³-hybridized carbons (Fsp3) is 0.576. The van der Waals surface area contributed by atoms with Crippen molar-refractivity contribution in [2.75, 3.05) is 20.2 Å². The van der Waals surface area contributed by atoms with Gasteiger partial charge in [-0.3, -0.25) is 0 Å². The molecule has 3 rings (SSSR count). The van der Waals surface area contributed by atoms with E-state index in [1.807, 2.05) is 65.8 Å². The smallest absolute Gasteiger partial charge is 0.410 e. The number of carboxylic acid groups (broad SMARTS) is 1. The number of fused-ring (bicyclic) bond motifs is 1. The standard InChI is InChI=1S/C33H50N4O6Si/c1-13-26-28-25(30(38)39)18-27(34-29(28)37(35-26)21(2)3)22-15-14-16-23(17-22)41-20-24(43-44(11,12)33(7,8)9)19-36(10)31(40)42-32(4,5)6/h14-18,21,24H,13,19-20H2,1-12H3,(H,38,39). The minimum absolute atomic E-state index is 0.00788. The average Bonchev–Trinajstić information content (AvgIpc) is 3.28. The lowest BCUT2D eigenvalue weighted by molar-refractivity contribution is 0.0172. The van der Waals surface area contributed by atoms with Gasteiger partial charge in [0, 0.05) is 18.7 Å². The molecule has 242 valence electrons. The van der Waals surface area contributed by atoms with Crippen LogP contribution in [0, 0.1) is 0 Å². The van der Waals surface area contributed by atoms with Crippen molar-refractivity contribution in [1.29, 1.82) is 0 Å². The van der Waals surface area contributed by atoms with Gasteiger partial charge >= 0.3 is 12.1 Å². The van der Waals surface area contributed by atoms with Crippen LogP contribution < -0.4 is 4.74 Å². The number of aromatic nitrogens is 3. The van der Waals surface area contributed by atoms with Crippen LogP contribution in [-0.4, -0.2) is 77.1 Å². The summed E-state index contributed by atoms with van der Waals surface area (Å²) in [5.74, 6) is -0.444. The van der Waals surface area contributed by atoms with Gasteiger partial charge in [0.15, 0.2) is 14.0 Å². The van der Waals surface area contributed by atoms with Crippen molar-refractivity contribution in [3.8, 4) is 17.0 Å². The molecule has 1 N–H and O–H groups in total. The van der Waals surface area contributed by atoms with E-state index in [4.69, 9.17) is 18.9 Å². The number of hydrogen-bond acceptors (Lipinski definition) is 7. The highest BCUT2D eigenvalue weighted by molar-refractivity contribution is 6.74. The summed E-state index contributed by atoms with van der Waals surface area (Å²) in [7, 11) is -0.511. The summed E-state index contributed by atoms with van der Waals surface area (Å²) in [6, 6.07) is 9.03. The summed E-state index contributed by atoms with van der Waals surface area (Å²) < 4.78 is 20.3. The SMILES string of the molecule is CCc1nn(C(C)C)c2nc(-c3cccc(OCC(CN(C)C(=O)OC(C)(C)C)O[Si](C)(C)C(C)(C)C)c3)cc(C(=O)O)c12. The Labute approximate surface area is 262 Å². The van der Waals surface area contributed by atoms with Crippen molar-refractivity contribution in [2.45, 2.75) is 105 Å². The van der Waals surface area contributed by atoms with Crippen LogP contribution in [0.25, 0.3) is 22.3 Å². The summed E-state index contributed by atoms with van der Waals surface area (Å²) in [6.07, 6.45) is -0.230. The summed E-state index contributed by atoms with van der Waals surface area (Å²) >= 11 is 0. The molecular formula is C33H50N4O6Si. The summed E-state index contributed by atoms with van der Waals surface area (Å²) in [6.45, 7) is 22.8. The lowest BCUT2D eigenvalue weighted by Crippen LogP contribution is -2.49. The lowest BCUT2D eigenvalue weighted by atomic mass is 10.0. The van der Waals surface area contributed by atoms with Crippen molar-refractivity contribution in [1.82, 2.24) is 19.7 Å². The Morgan fingerprint density at radius 1 is 1.09 bits per heavy atom. The van der Waals surface area contributed by atoms with Crippen LogP contribution in [0.4, 0.5) is 4.79 Å². The van der Waals surface area contributed by atoms with Crippen LogP contribution in [0.5, 0.6) is 5.75 Å². The lowest BCUT2D eigenvalue weighted by Gasteiger charge is -2.40. The van der Waals surface area contributed by atoms with Crippen LogP contribution in [0.2, 0.25) is 18.1 Å². The first-order chi connectivity index (χ1) is 20.2. The Morgan fingerprint density at radius 2 is 1.75 bits per heavy atom. The molecule has 0 aliphatic carbocycles. The molecule has 2 aromatic heterocycles. The Balaban J connectivity index is 1.94. The Hall–Kier alpha value is -3.44. The predicted molar refractivity (Wildman–Crippen MR) is 176 cm³/mol. The van der Waals surface area contributed by atoms with Crippen LogP contribution in [-0.2, 0) is 15.6 Å². The van der Waals surface area contributed by atoms with Gasteiger partial charge in [0.25, 0.3) is 0 Å². The van der Waals surface area contributed by atoms with Gasteiger partial charge in [0.2, 0.25) is 0 Å². The molecule has 0 saturated carbocycles. The van der Waals surface area contributed by atoms with Crippen LogP contribution >= 0.6 is 0 Å². The molecule has 0 aliphatic rings. The number of carbonyl (C=O) groups is 2. The second-order valence-electron chi connectivity index (χ2n) is 14.1. The summed E-state index contributed by atoms with van der Waals surface area (Å²) in [5.41, 5.74) is 2.06. The van der Waals surface area contributed by atoms with E-state index in [1.165, 1.54) is 4.90 Å². The maximum absolute atomic E-state index is 12.8. The fourth-order valence-electron chi connectivity index (χ4n) is 4.51. The first-order valence-electron chi connectivity index (χ1n) is 15.2.